The third-order valence-corrected chi connectivity index (χ3v) is 4.01. The summed E-state index contributed by atoms with van der Waals surface area (Å²) in [6.45, 7) is 5.45. The lowest BCUT2D eigenvalue weighted by molar-refractivity contribution is -0.00638. The standard InChI is InChI=1S/C14H15N3O2S/c1-9-7-17(8-10(2)18-9)14-11(6-15)16-13(19-14)12-4-3-5-20-12/h3-5,9-10H,7-8H2,1-2H3/t9-,10-/m1/s1. The molecule has 0 aromatic carbocycles. The molecular weight excluding hydrogens is 274 g/mol. The molecule has 5 nitrogen and oxygen atoms in total. The summed E-state index contributed by atoms with van der Waals surface area (Å²) in [5, 5.41) is 11.2. The maximum atomic E-state index is 9.26. The Morgan fingerprint density at radius 3 is 2.75 bits per heavy atom. The lowest BCUT2D eigenvalue weighted by Gasteiger charge is -2.34. The maximum Gasteiger partial charge on any atom is 0.240 e. The van der Waals surface area contributed by atoms with Crippen LogP contribution in [0.2, 0.25) is 0 Å². The topological polar surface area (TPSA) is 62.3 Å². The van der Waals surface area contributed by atoms with Crippen LogP contribution in [0.5, 0.6) is 0 Å². The highest BCUT2D eigenvalue weighted by Gasteiger charge is 2.28. The van der Waals surface area contributed by atoms with Crippen molar-refractivity contribution in [2.45, 2.75) is 26.1 Å². The normalized spacial score (nSPS) is 22.8. The predicted molar refractivity (Wildman–Crippen MR) is 76.8 cm³/mol. The molecule has 1 fully saturated rings. The minimum atomic E-state index is 0.112. The van der Waals surface area contributed by atoms with Crippen LogP contribution in [0.25, 0.3) is 10.8 Å². The summed E-state index contributed by atoms with van der Waals surface area (Å²) in [4.78, 5) is 7.27. The van der Waals surface area contributed by atoms with Crippen molar-refractivity contribution in [2.75, 3.05) is 18.0 Å². The first-order chi connectivity index (χ1) is 9.67. The molecule has 2 aromatic heterocycles. The first-order valence-corrected chi connectivity index (χ1v) is 7.40. The molecule has 104 valence electrons. The van der Waals surface area contributed by atoms with Crippen molar-refractivity contribution in [1.29, 1.82) is 5.26 Å². The van der Waals surface area contributed by atoms with Gasteiger partial charge in [-0.15, -0.1) is 11.3 Å². The van der Waals surface area contributed by atoms with Crippen molar-refractivity contribution in [1.82, 2.24) is 4.98 Å². The van der Waals surface area contributed by atoms with Crippen LogP contribution in [0.1, 0.15) is 19.5 Å². The smallest absolute Gasteiger partial charge is 0.240 e. The number of rotatable bonds is 2. The molecule has 2 atom stereocenters. The number of hydrogen-bond donors (Lipinski definition) is 0. The molecule has 6 heteroatoms. The molecule has 0 aliphatic carbocycles. The first kappa shape index (κ1) is 13.2. The van der Waals surface area contributed by atoms with E-state index < -0.39 is 0 Å². The molecule has 0 amide bonds. The van der Waals surface area contributed by atoms with Gasteiger partial charge in [0.25, 0.3) is 0 Å². The summed E-state index contributed by atoms with van der Waals surface area (Å²) in [6, 6.07) is 6.00. The number of nitriles is 1. The molecule has 0 spiro atoms. The fraction of sp³-hybridized carbons (Fsp3) is 0.429. The van der Waals surface area contributed by atoms with Gasteiger partial charge in [-0.05, 0) is 25.3 Å². The zero-order chi connectivity index (χ0) is 14.1. The zero-order valence-electron chi connectivity index (χ0n) is 11.4. The lowest BCUT2D eigenvalue weighted by Crippen LogP contribution is -2.45. The van der Waals surface area contributed by atoms with E-state index in [-0.39, 0.29) is 12.2 Å². The van der Waals surface area contributed by atoms with Crippen molar-refractivity contribution >= 4 is 17.2 Å². The maximum absolute atomic E-state index is 9.26. The summed E-state index contributed by atoms with van der Waals surface area (Å²) >= 11 is 1.55. The minimum absolute atomic E-state index is 0.112. The van der Waals surface area contributed by atoms with Crippen molar-refractivity contribution in [2.24, 2.45) is 0 Å². The second-order valence-electron chi connectivity index (χ2n) is 4.92. The summed E-state index contributed by atoms with van der Waals surface area (Å²) < 4.78 is 11.5. The highest BCUT2D eigenvalue weighted by molar-refractivity contribution is 7.13. The van der Waals surface area contributed by atoms with Gasteiger partial charge in [0.05, 0.1) is 17.1 Å². The molecule has 2 aromatic rings. The number of thiophene rings is 1. The molecule has 0 bridgehead atoms. The van der Waals surface area contributed by atoms with Gasteiger partial charge in [-0.3, -0.25) is 0 Å². The van der Waals surface area contributed by atoms with Gasteiger partial charge in [0, 0.05) is 13.1 Å². The average molecular weight is 289 g/mol. The van der Waals surface area contributed by atoms with Crippen LogP contribution < -0.4 is 4.90 Å². The summed E-state index contributed by atoms with van der Waals surface area (Å²) in [5.41, 5.74) is 0.342. The summed E-state index contributed by atoms with van der Waals surface area (Å²) in [7, 11) is 0. The van der Waals surface area contributed by atoms with Crippen LogP contribution in [0, 0.1) is 11.3 Å². The van der Waals surface area contributed by atoms with Crippen molar-refractivity contribution in [3.05, 3.63) is 23.2 Å². The Hall–Kier alpha value is -1.84. The van der Waals surface area contributed by atoms with E-state index >= 15 is 0 Å². The number of aromatic nitrogens is 1. The fourth-order valence-electron chi connectivity index (χ4n) is 2.45. The van der Waals surface area contributed by atoms with E-state index in [1.807, 2.05) is 36.3 Å². The Kier molecular flexibility index (Phi) is 3.47. The highest BCUT2D eigenvalue weighted by atomic mass is 32.1. The number of ether oxygens (including phenoxy) is 1. The van der Waals surface area contributed by atoms with Gasteiger partial charge < -0.3 is 14.1 Å². The molecule has 1 aliphatic rings. The van der Waals surface area contributed by atoms with Crippen molar-refractivity contribution < 1.29 is 9.15 Å². The highest BCUT2D eigenvalue weighted by Crippen LogP contribution is 2.31. The van der Waals surface area contributed by atoms with E-state index in [4.69, 9.17) is 9.15 Å². The Morgan fingerprint density at radius 1 is 1.40 bits per heavy atom. The van der Waals surface area contributed by atoms with E-state index in [1.165, 1.54) is 0 Å². The fourth-order valence-corrected chi connectivity index (χ4v) is 3.10. The molecular formula is C14H15N3O2S. The Morgan fingerprint density at radius 2 is 2.15 bits per heavy atom. The zero-order valence-corrected chi connectivity index (χ0v) is 12.2. The molecule has 1 saturated heterocycles. The SMILES string of the molecule is C[C@@H]1CN(c2oc(-c3cccs3)nc2C#N)C[C@@H](C)O1. The van der Waals surface area contributed by atoms with Crippen molar-refractivity contribution in [3.8, 4) is 16.8 Å². The van der Waals surface area contributed by atoms with Crippen molar-refractivity contribution in [3.63, 3.8) is 0 Å². The third-order valence-electron chi connectivity index (χ3n) is 3.15. The molecule has 0 unspecified atom stereocenters. The second kappa shape index (κ2) is 5.27. The van der Waals surface area contributed by atoms with E-state index in [1.54, 1.807) is 11.3 Å². The molecule has 1 aliphatic heterocycles. The van der Waals surface area contributed by atoms with Gasteiger partial charge in [0.1, 0.15) is 6.07 Å². The number of morpholine rings is 1. The second-order valence-corrected chi connectivity index (χ2v) is 5.87. The van der Waals surface area contributed by atoms with Crippen LogP contribution in [0.4, 0.5) is 5.88 Å². The Balaban J connectivity index is 1.95. The molecule has 3 heterocycles. The number of anilines is 1. The van der Waals surface area contributed by atoms with Gasteiger partial charge >= 0.3 is 0 Å². The van der Waals surface area contributed by atoms with Crippen LogP contribution >= 0.6 is 11.3 Å². The minimum Gasteiger partial charge on any atom is -0.418 e. The number of nitrogens with zero attached hydrogens (tertiary/aromatic N) is 3. The predicted octanol–water partition coefficient (Wildman–Crippen LogP) is 2.89. The van der Waals surface area contributed by atoms with Crippen LogP contribution in [0.15, 0.2) is 21.9 Å². The summed E-state index contributed by atoms with van der Waals surface area (Å²) in [5.74, 6) is 1.07. The third kappa shape index (κ3) is 2.42. The molecule has 0 N–H and O–H groups in total. The summed E-state index contributed by atoms with van der Waals surface area (Å²) in [6.07, 6.45) is 0.223. The average Bonchev–Trinajstić information content (AvgIpc) is 3.06. The molecule has 20 heavy (non-hydrogen) atoms. The van der Waals surface area contributed by atoms with Gasteiger partial charge in [-0.1, -0.05) is 6.07 Å². The number of hydrogen-bond acceptors (Lipinski definition) is 6. The number of oxazole rings is 1. The lowest BCUT2D eigenvalue weighted by atomic mass is 10.2. The quantitative estimate of drug-likeness (QED) is 0.850. The van der Waals surface area contributed by atoms with Crippen LogP contribution in [-0.4, -0.2) is 30.3 Å². The van der Waals surface area contributed by atoms with E-state index in [9.17, 15) is 5.26 Å². The van der Waals surface area contributed by atoms with Crippen LogP contribution in [-0.2, 0) is 4.74 Å². The Bertz CT molecular complexity index is 619. The van der Waals surface area contributed by atoms with E-state index in [0.29, 0.717) is 30.6 Å². The largest absolute Gasteiger partial charge is 0.418 e. The Labute approximate surface area is 121 Å². The molecule has 0 radical (unpaired) electrons. The van der Waals surface area contributed by atoms with Gasteiger partial charge in [-0.25, -0.2) is 0 Å². The van der Waals surface area contributed by atoms with Gasteiger partial charge in [-0.2, -0.15) is 10.2 Å². The van der Waals surface area contributed by atoms with Crippen LogP contribution in [0.3, 0.4) is 0 Å². The monoisotopic (exact) mass is 289 g/mol. The molecule has 3 rings (SSSR count). The van der Waals surface area contributed by atoms with Gasteiger partial charge in [0.2, 0.25) is 17.5 Å². The van der Waals surface area contributed by atoms with E-state index in [0.717, 1.165) is 4.88 Å². The molecule has 0 saturated carbocycles. The first-order valence-electron chi connectivity index (χ1n) is 6.52. The van der Waals surface area contributed by atoms with Gasteiger partial charge in [0.15, 0.2) is 0 Å². The van der Waals surface area contributed by atoms with E-state index in [2.05, 4.69) is 11.1 Å².